The fraction of sp³-hybridized carbons (Fsp3) is 0.333. The summed E-state index contributed by atoms with van der Waals surface area (Å²) in [6, 6.07) is 2.49. The second-order valence-corrected chi connectivity index (χ2v) is 7.48. The van der Waals surface area contributed by atoms with Crippen molar-refractivity contribution in [1.82, 2.24) is 10.3 Å². The lowest BCUT2D eigenvalue weighted by Gasteiger charge is -2.01. The Hall–Kier alpha value is -1.12. The molecule has 2 aromatic heterocycles. The third-order valence-corrected chi connectivity index (χ3v) is 5.51. The minimum absolute atomic E-state index is 0.173. The molecule has 3 rings (SSSR count). The van der Waals surface area contributed by atoms with Crippen molar-refractivity contribution in [1.29, 1.82) is 0 Å². The third-order valence-electron chi connectivity index (χ3n) is 2.81. The number of thiazole rings is 1. The van der Waals surface area contributed by atoms with E-state index < -0.39 is 0 Å². The van der Waals surface area contributed by atoms with Gasteiger partial charge in [0.15, 0.2) is 5.13 Å². The number of anilines is 2. The van der Waals surface area contributed by atoms with Crippen LogP contribution in [0.2, 0.25) is 0 Å². The summed E-state index contributed by atoms with van der Waals surface area (Å²) in [7, 11) is 0. The Morgan fingerprint density at radius 3 is 3.00 bits per heavy atom. The highest BCUT2D eigenvalue weighted by molar-refractivity contribution is 9.10. The molecule has 5 nitrogen and oxygen atoms in total. The number of hydrogen-bond donors (Lipinski definition) is 3. The Kier molecular flexibility index (Phi) is 3.95. The number of nitrogen functional groups attached to an aromatic ring is 1. The van der Waals surface area contributed by atoms with E-state index in [1.165, 1.54) is 11.3 Å². The number of hydrogen-bond acceptors (Lipinski definition) is 6. The van der Waals surface area contributed by atoms with Crippen LogP contribution in [0.4, 0.5) is 10.9 Å². The van der Waals surface area contributed by atoms with Crippen molar-refractivity contribution >= 4 is 55.5 Å². The number of nitrogens with two attached hydrogens (primary N) is 1. The van der Waals surface area contributed by atoms with E-state index in [9.17, 15) is 4.79 Å². The fourth-order valence-electron chi connectivity index (χ4n) is 1.65. The van der Waals surface area contributed by atoms with Gasteiger partial charge in [0.1, 0.15) is 10.7 Å². The predicted octanol–water partition coefficient (Wildman–Crippen LogP) is 3.05. The second-order valence-electron chi connectivity index (χ2n) is 4.57. The van der Waals surface area contributed by atoms with Crippen molar-refractivity contribution in [3.63, 3.8) is 0 Å². The molecule has 0 radical (unpaired) electrons. The van der Waals surface area contributed by atoms with Crippen LogP contribution in [0, 0.1) is 0 Å². The first-order chi connectivity index (χ1) is 9.61. The summed E-state index contributed by atoms with van der Waals surface area (Å²) in [6.07, 6.45) is 2.32. The number of thiophene rings is 1. The van der Waals surface area contributed by atoms with Gasteiger partial charge in [0, 0.05) is 20.8 Å². The van der Waals surface area contributed by atoms with Crippen LogP contribution in [0.5, 0.6) is 0 Å². The first-order valence-electron chi connectivity index (χ1n) is 6.16. The van der Waals surface area contributed by atoms with Gasteiger partial charge in [-0.3, -0.25) is 4.79 Å². The molecule has 0 bridgehead atoms. The lowest BCUT2D eigenvalue weighted by atomic mass is 10.4. The number of aromatic nitrogens is 1. The molecule has 0 saturated heterocycles. The van der Waals surface area contributed by atoms with Gasteiger partial charge in [0.05, 0.1) is 6.54 Å². The molecule has 0 aromatic carbocycles. The molecule has 0 spiro atoms. The molecule has 1 aliphatic rings. The second kappa shape index (κ2) is 5.71. The van der Waals surface area contributed by atoms with Crippen molar-refractivity contribution < 1.29 is 4.79 Å². The Morgan fingerprint density at radius 1 is 1.55 bits per heavy atom. The van der Waals surface area contributed by atoms with Gasteiger partial charge in [-0.15, -0.1) is 11.3 Å². The molecule has 8 heteroatoms. The van der Waals surface area contributed by atoms with E-state index in [1.807, 2.05) is 11.4 Å². The highest BCUT2D eigenvalue weighted by atomic mass is 79.9. The maximum Gasteiger partial charge on any atom is 0.265 e. The van der Waals surface area contributed by atoms with Crippen LogP contribution in [0.15, 0.2) is 15.9 Å². The van der Waals surface area contributed by atoms with Crippen LogP contribution in [-0.4, -0.2) is 16.9 Å². The molecule has 1 fully saturated rings. The van der Waals surface area contributed by atoms with Crippen LogP contribution in [-0.2, 0) is 6.54 Å². The standard InChI is InChI=1S/C12H13BrN4OS2/c13-6-3-8(19-5-6)4-15-11(18)9-10(14)17-12(20-9)16-7-1-2-7/h3,5,7H,1-2,4,14H2,(H,15,18)(H,16,17). The molecule has 2 heterocycles. The van der Waals surface area contributed by atoms with Gasteiger partial charge in [0.25, 0.3) is 5.91 Å². The Bertz CT molecular complexity index is 635. The molecule has 0 unspecified atom stereocenters. The number of amides is 1. The summed E-state index contributed by atoms with van der Waals surface area (Å²) in [6.45, 7) is 0.498. The summed E-state index contributed by atoms with van der Waals surface area (Å²) in [5.41, 5.74) is 5.81. The minimum Gasteiger partial charge on any atom is -0.382 e. The van der Waals surface area contributed by atoms with E-state index in [4.69, 9.17) is 5.73 Å². The van der Waals surface area contributed by atoms with Gasteiger partial charge in [-0.25, -0.2) is 4.98 Å². The molecule has 20 heavy (non-hydrogen) atoms. The molecule has 1 saturated carbocycles. The zero-order valence-corrected chi connectivity index (χ0v) is 13.7. The molecule has 2 aromatic rings. The van der Waals surface area contributed by atoms with Crippen LogP contribution >= 0.6 is 38.6 Å². The molecule has 1 amide bonds. The SMILES string of the molecule is Nc1nc(NC2CC2)sc1C(=O)NCc1cc(Br)cs1. The van der Waals surface area contributed by atoms with Crippen molar-refractivity contribution in [3.8, 4) is 0 Å². The fourth-order valence-corrected chi connectivity index (χ4v) is 3.92. The van der Waals surface area contributed by atoms with Crippen molar-refractivity contribution in [2.75, 3.05) is 11.1 Å². The topological polar surface area (TPSA) is 80.0 Å². The van der Waals surface area contributed by atoms with E-state index >= 15 is 0 Å². The first-order valence-corrected chi connectivity index (χ1v) is 8.64. The quantitative estimate of drug-likeness (QED) is 0.753. The van der Waals surface area contributed by atoms with Gasteiger partial charge in [0.2, 0.25) is 0 Å². The van der Waals surface area contributed by atoms with Crippen LogP contribution in [0.3, 0.4) is 0 Å². The largest absolute Gasteiger partial charge is 0.382 e. The van der Waals surface area contributed by atoms with E-state index in [1.54, 1.807) is 11.3 Å². The summed E-state index contributed by atoms with van der Waals surface area (Å²) < 4.78 is 1.03. The van der Waals surface area contributed by atoms with Gasteiger partial charge < -0.3 is 16.4 Å². The highest BCUT2D eigenvalue weighted by Crippen LogP contribution is 2.30. The number of rotatable bonds is 5. The van der Waals surface area contributed by atoms with E-state index in [0.29, 0.717) is 23.3 Å². The average Bonchev–Trinajstić information content (AvgIpc) is 3.00. The van der Waals surface area contributed by atoms with Gasteiger partial charge in [-0.1, -0.05) is 11.3 Å². The molecular formula is C12H13BrN4OS2. The van der Waals surface area contributed by atoms with Crippen molar-refractivity contribution in [2.45, 2.75) is 25.4 Å². The van der Waals surface area contributed by atoms with Gasteiger partial charge in [-0.05, 0) is 34.8 Å². The zero-order valence-electron chi connectivity index (χ0n) is 10.5. The van der Waals surface area contributed by atoms with Crippen molar-refractivity contribution in [3.05, 3.63) is 25.7 Å². The number of carbonyl (C=O) groups is 1. The van der Waals surface area contributed by atoms with Crippen molar-refractivity contribution in [2.24, 2.45) is 0 Å². The predicted molar refractivity (Wildman–Crippen MR) is 86.4 cm³/mol. The normalized spacial score (nSPS) is 14.2. The summed E-state index contributed by atoms with van der Waals surface area (Å²) in [5, 5.41) is 8.83. The van der Waals surface area contributed by atoms with E-state index in [2.05, 4.69) is 31.5 Å². The molecule has 0 aliphatic heterocycles. The molecular weight excluding hydrogens is 360 g/mol. The third kappa shape index (κ3) is 3.31. The molecule has 4 N–H and O–H groups in total. The Balaban J connectivity index is 1.62. The number of carbonyl (C=O) groups excluding carboxylic acids is 1. The molecule has 0 atom stereocenters. The number of nitrogens with one attached hydrogen (secondary N) is 2. The Morgan fingerprint density at radius 2 is 2.35 bits per heavy atom. The number of halogens is 1. The van der Waals surface area contributed by atoms with E-state index in [-0.39, 0.29) is 5.91 Å². The monoisotopic (exact) mass is 372 g/mol. The summed E-state index contributed by atoms with van der Waals surface area (Å²) >= 11 is 6.30. The zero-order chi connectivity index (χ0) is 14.1. The average molecular weight is 373 g/mol. The van der Waals surface area contributed by atoms with Gasteiger partial charge >= 0.3 is 0 Å². The first kappa shape index (κ1) is 13.8. The lowest BCUT2D eigenvalue weighted by Crippen LogP contribution is -2.22. The van der Waals surface area contributed by atoms with Crippen LogP contribution in [0.1, 0.15) is 27.4 Å². The highest BCUT2D eigenvalue weighted by Gasteiger charge is 2.24. The summed E-state index contributed by atoms with van der Waals surface area (Å²) in [4.78, 5) is 17.9. The van der Waals surface area contributed by atoms with Crippen LogP contribution in [0.25, 0.3) is 0 Å². The molecule has 106 valence electrons. The minimum atomic E-state index is -0.173. The maximum atomic E-state index is 12.1. The maximum absolute atomic E-state index is 12.1. The van der Waals surface area contributed by atoms with Crippen LogP contribution < -0.4 is 16.4 Å². The molecule has 1 aliphatic carbocycles. The van der Waals surface area contributed by atoms with E-state index in [0.717, 1.165) is 27.3 Å². The Labute approximate surface area is 132 Å². The summed E-state index contributed by atoms with van der Waals surface area (Å²) in [5.74, 6) is 0.122. The number of nitrogens with zero attached hydrogens (tertiary/aromatic N) is 1. The smallest absolute Gasteiger partial charge is 0.265 e. The van der Waals surface area contributed by atoms with Gasteiger partial charge in [-0.2, -0.15) is 0 Å². The lowest BCUT2D eigenvalue weighted by molar-refractivity contribution is 0.0956.